The molecule has 0 aliphatic heterocycles. The van der Waals surface area contributed by atoms with Crippen molar-refractivity contribution < 1.29 is 9.53 Å². The van der Waals surface area contributed by atoms with Crippen LogP contribution in [0.25, 0.3) is 0 Å². The van der Waals surface area contributed by atoms with Gasteiger partial charge in [-0.25, -0.2) is 9.78 Å². The molecular weight excluding hydrogens is 260 g/mol. The summed E-state index contributed by atoms with van der Waals surface area (Å²) < 4.78 is 6.83. The number of aryl methyl sites for hydroxylation is 1. The third-order valence-corrected chi connectivity index (χ3v) is 3.63. The van der Waals surface area contributed by atoms with Crippen molar-refractivity contribution in [2.75, 3.05) is 0 Å². The van der Waals surface area contributed by atoms with Crippen molar-refractivity contribution >= 4 is 28.9 Å². The van der Waals surface area contributed by atoms with Gasteiger partial charge < -0.3 is 9.30 Å². The van der Waals surface area contributed by atoms with Crippen molar-refractivity contribution in [3.8, 4) is 0 Å². The molecule has 0 amide bonds. The van der Waals surface area contributed by atoms with Crippen LogP contribution in [0, 0.1) is 6.92 Å². The highest BCUT2D eigenvalue weighted by atomic mass is 35.5. The van der Waals surface area contributed by atoms with E-state index in [0.717, 1.165) is 4.88 Å². The van der Waals surface area contributed by atoms with Gasteiger partial charge in [0, 0.05) is 11.9 Å². The Morgan fingerprint density at radius 3 is 2.88 bits per heavy atom. The molecule has 0 saturated carbocycles. The Labute approximate surface area is 108 Å². The molecule has 0 N–H and O–H groups in total. The van der Waals surface area contributed by atoms with Crippen molar-refractivity contribution in [1.29, 1.82) is 0 Å². The number of aromatic nitrogens is 2. The van der Waals surface area contributed by atoms with Crippen LogP contribution in [-0.2, 0) is 18.4 Å². The Hall–Kier alpha value is -1.33. The normalized spacial score (nSPS) is 10.5. The minimum atomic E-state index is -0.331. The van der Waals surface area contributed by atoms with Crippen LogP contribution in [0.1, 0.15) is 20.4 Å². The van der Waals surface area contributed by atoms with Crippen LogP contribution >= 0.6 is 22.9 Å². The number of carbonyl (C=O) groups excluding carboxylic acids is 1. The van der Waals surface area contributed by atoms with Gasteiger partial charge in [-0.15, -0.1) is 11.3 Å². The van der Waals surface area contributed by atoms with E-state index >= 15 is 0 Å². The van der Waals surface area contributed by atoms with Crippen LogP contribution in [0.3, 0.4) is 0 Å². The molecule has 2 heterocycles. The van der Waals surface area contributed by atoms with E-state index in [0.29, 0.717) is 15.9 Å². The van der Waals surface area contributed by atoms with Crippen LogP contribution in [0.2, 0.25) is 5.15 Å². The van der Waals surface area contributed by atoms with Crippen LogP contribution in [0.15, 0.2) is 18.3 Å². The van der Waals surface area contributed by atoms with Gasteiger partial charge in [-0.1, -0.05) is 11.6 Å². The molecule has 90 valence electrons. The molecule has 0 atom stereocenters. The fourth-order valence-electron chi connectivity index (χ4n) is 1.30. The smallest absolute Gasteiger partial charge is 0.348 e. The molecule has 17 heavy (non-hydrogen) atoms. The lowest BCUT2D eigenvalue weighted by molar-refractivity contribution is 0.0465. The van der Waals surface area contributed by atoms with E-state index in [4.69, 9.17) is 16.3 Å². The van der Waals surface area contributed by atoms with Crippen molar-refractivity contribution in [2.45, 2.75) is 13.5 Å². The zero-order chi connectivity index (χ0) is 12.4. The van der Waals surface area contributed by atoms with E-state index in [9.17, 15) is 4.79 Å². The standard InChI is InChI=1S/C11H11ClN2O2S/c1-7-3-4-8(17-7)11(15)16-6-10-13-5-9(12)14(10)2/h3-5H,6H2,1-2H3. The van der Waals surface area contributed by atoms with Crippen molar-refractivity contribution in [3.05, 3.63) is 39.1 Å². The fourth-order valence-corrected chi connectivity index (χ4v) is 2.21. The van der Waals surface area contributed by atoms with Gasteiger partial charge in [0.05, 0.1) is 6.20 Å². The zero-order valence-corrected chi connectivity index (χ0v) is 11.0. The molecule has 0 aromatic carbocycles. The summed E-state index contributed by atoms with van der Waals surface area (Å²) in [5.74, 6) is 0.291. The SMILES string of the molecule is Cc1ccc(C(=O)OCc2ncc(Cl)n2C)s1. The van der Waals surface area contributed by atoms with Crippen molar-refractivity contribution in [2.24, 2.45) is 7.05 Å². The Kier molecular flexibility index (Phi) is 3.49. The third-order valence-electron chi connectivity index (χ3n) is 2.30. The summed E-state index contributed by atoms with van der Waals surface area (Å²) in [6.07, 6.45) is 1.53. The topological polar surface area (TPSA) is 44.1 Å². The lowest BCUT2D eigenvalue weighted by atomic mass is 10.4. The molecule has 0 radical (unpaired) electrons. The minimum absolute atomic E-state index is 0.124. The summed E-state index contributed by atoms with van der Waals surface area (Å²) >= 11 is 7.24. The molecule has 0 spiro atoms. The first-order valence-electron chi connectivity index (χ1n) is 4.97. The van der Waals surface area contributed by atoms with Gasteiger partial charge in [0.2, 0.25) is 0 Å². The first kappa shape index (κ1) is 12.1. The van der Waals surface area contributed by atoms with Crippen LogP contribution < -0.4 is 0 Å². The van der Waals surface area contributed by atoms with Crippen molar-refractivity contribution in [1.82, 2.24) is 9.55 Å². The van der Waals surface area contributed by atoms with Gasteiger partial charge in [-0.3, -0.25) is 0 Å². The second kappa shape index (κ2) is 4.89. The van der Waals surface area contributed by atoms with Gasteiger partial charge in [-0.05, 0) is 19.1 Å². The highest BCUT2D eigenvalue weighted by Gasteiger charge is 2.12. The number of carbonyl (C=O) groups is 1. The number of ether oxygens (including phenoxy) is 1. The number of imidazole rings is 1. The first-order chi connectivity index (χ1) is 8.08. The largest absolute Gasteiger partial charge is 0.453 e. The molecule has 6 heteroatoms. The monoisotopic (exact) mass is 270 g/mol. The second-order valence-corrected chi connectivity index (χ2v) is 5.22. The number of hydrogen-bond acceptors (Lipinski definition) is 4. The summed E-state index contributed by atoms with van der Waals surface area (Å²) in [7, 11) is 1.77. The van der Waals surface area contributed by atoms with Crippen LogP contribution in [-0.4, -0.2) is 15.5 Å². The molecule has 4 nitrogen and oxygen atoms in total. The molecule has 2 aromatic heterocycles. The van der Waals surface area contributed by atoms with E-state index in [2.05, 4.69) is 4.98 Å². The Morgan fingerprint density at radius 2 is 2.35 bits per heavy atom. The second-order valence-electron chi connectivity index (χ2n) is 3.54. The first-order valence-corrected chi connectivity index (χ1v) is 6.17. The van der Waals surface area contributed by atoms with Crippen LogP contribution in [0.5, 0.6) is 0 Å². The van der Waals surface area contributed by atoms with E-state index in [1.807, 2.05) is 13.0 Å². The highest BCUT2D eigenvalue weighted by Crippen LogP contribution is 2.17. The predicted octanol–water partition coefficient (Wildman–Crippen LogP) is 2.80. The van der Waals surface area contributed by atoms with Crippen molar-refractivity contribution in [3.63, 3.8) is 0 Å². The molecule has 0 aliphatic rings. The number of rotatable bonds is 3. The maximum Gasteiger partial charge on any atom is 0.348 e. The molecule has 0 saturated heterocycles. The Bertz CT molecular complexity index is 547. The molecular formula is C11H11ClN2O2S. The molecule has 0 unspecified atom stereocenters. The highest BCUT2D eigenvalue weighted by molar-refractivity contribution is 7.13. The number of hydrogen-bond donors (Lipinski definition) is 0. The van der Waals surface area contributed by atoms with Gasteiger partial charge in [0.1, 0.15) is 22.5 Å². The quantitative estimate of drug-likeness (QED) is 0.806. The maximum absolute atomic E-state index is 11.7. The van der Waals surface area contributed by atoms with E-state index in [1.54, 1.807) is 17.7 Å². The van der Waals surface area contributed by atoms with Gasteiger partial charge in [0.25, 0.3) is 0 Å². The summed E-state index contributed by atoms with van der Waals surface area (Å²) in [5.41, 5.74) is 0. The summed E-state index contributed by atoms with van der Waals surface area (Å²) in [5, 5.41) is 0.517. The van der Waals surface area contributed by atoms with E-state index < -0.39 is 0 Å². The number of thiophene rings is 1. The summed E-state index contributed by atoms with van der Waals surface area (Å²) in [6.45, 7) is 2.07. The van der Waals surface area contributed by atoms with E-state index in [1.165, 1.54) is 17.5 Å². The minimum Gasteiger partial charge on any atom is -0.453 e. The number of nitrogens with zero attached hydrogens (tertiary/aromatic N) is 2. The van der Waals surface area contributed by atoms with E-state index in [-0.39, 0.29) is 12.6 Å². The fraction of sp³-hybridized carbons (Fsp3) is 0.273. The number of esters is 1. The molecule has 2 aromatic rings. The van der Waals surface area contributed by atoms with Gasteiger partial charge in [-0.2, -0.15) is 0 Å². The lowest BCUT2D eigenvalue weighted by Gasteiger charge is -2.03. The Morgan fingerprint density at radius 1 is 1.59 bits per heavy atom. The average Bonchev–Trinajstić information content (AvgIpc) is 2.86. The molecule has 0 fully saturated rings. The summed E-state index contributed by atoms with van der Waals surface area (Å²) in [6, 6.07) is 3.65. The zero-order valence-electron chi connectivity index (χ0n) is 9.44. The third kappa shape index (κ3) is 2.68. The molecule has 2 rings (SSSR count). The van der Waals surface area contributed by atoms with Gasteiger partial charge in [0.15, 0.2) is 0 Å². The number of halogens is 1. The predicted molar refractivity (Wildman–Crippen MR) is 66.4 cm³/mol. The summed E-state index contributed by atoms with van der Waals surface area (Å²) in [4.78, 5) is 17.4. The molecule has 0 aliphatic carbocycles. The lowest BCUT2D eigenvalue weighted by Crippen LogP contribution is -2.07. The maximum atomic E-state index is 11.7. The van der Waals surface area contributed by atoms with Gasteiger partial charge >= 0.3 is 5.97 Å². The average molecular weight is 271 g/mol. The molecule has 0 bridgehead atoms. The Balaban J connectivity index is 1.99. The van der Waals surface area contributed by atoms with Crippen LogP contribution in [0.4, 0.5) is 0 Å².